The molecule has 3 aliphatic rings. The zero-order valence-corrected chi connectivity index (χ0v) is 18.6. The van der Waals surface area contributed by atoms with Crippen LogP contribution in [0.25, 0.3) is 0 Å². The molecule has 0 saturated carbocycles. The lowest BCUT2D eigenvalue weighted by molar-refractivity contribution is -0.562. The van der Waals surface area contributed by atoms with E-state index in [4.69, 9.17) is 28.4 Å². The molecule has 0 unspecified atom stereocenters. The predicted octanol–water partition coefficient (Wildman–Crippen LogP) is 1.81. The van der Waals surface area contributed by atoms with Crippen molar-refractivity contribution in [1.29, 1.82) is 0 Å². The Balaban J connectivity index is 1.52. The first-order chi connectivity index (χ1) is 14.6. The molecule has 11 heteroatoms. The third-order valence-electron chi connectivity index (χ3n) is 5.01. The number of esters is 1. The summed E-state index contributed by atoms with van der Waals surface area (Å²) in [5.74, 6) is -2.19. The SMILES string of the molecule is C=CCOC(=O)c1csc(/C=[N+](\[O-])[C@H]2O[C@H]([C@H]3COC(C)(C)O3)[C@@H]3OC(C)(C)O[C@@H]32)n1. The molecule has 0 spiro atoms. The summed E-state index contributed by atoms with van der Waals surface area (Å²) in [5.41, 5.74) is 0.120. The number of ether oxygens (including phenoxy) is 6. The molecule has 170 valence electrons. The van der Waals surface area contributed by atoms with E-state index in [9.17, 15) is 10.0 Å². The van der Waals surface area contributed by atoms with Gasteiger partial charge in [-0.05, 0) is 27.7 Å². The monoisotopic (exact) mass is 454 g/mol. The van der Waals surface area contributed by atoms with Crippen LogP contribution in [0.2, 0.25) is 0 Å². The summed E-state index contributed by atoms with van der Waals surface area (Å²) < 4.78 is 35.2. The van der Waals surface area contributed by atoms with E-state index >= 15 is 0 Å². The first-order valence-corrected chi connectivity index (χ1v) is 10.8. The quantitative estimate of drug-likeness (QED) is 0.159. The number of aromatic nitrogens is 1. The fourth-order valence-corrected chi connectivity index (χ4v) is 4.52. The van der Waals surface area contributed by atoms with Crippen molar-refractivity contribution in [2.45, 2.75) is 69.9 Å². The van der Waals surface area contributed by atoms with E-state index in [-0.39, 0.29) is 12.3 Å². The van der Waals surface area contributed by atoms with Crippen molar-refractivity contribution in [3.05, 3.63) is 33.9 Å². The fourth-order valence-electron chi connectivity index (χ4n) is 3.82. The number of rotatable bonds is 6. The maximum absolute atomic E-state index is 13.0. The highest BCUT2D eigenvalue weighted by Crippen LogP contribution is 2.42. The molecular weight excluding hydrogens is 428 g/mol. The molecule has 0 radical (unpaired) electrons. The average molecular weight is 455 g/mol. The van der Waals surface area contributed by atoms with E-state index in [0.717, 1.165) is 11.3 Å². The second-order valence-corrected chi connectivity index (χ2v) is 9.26. The van der Waals surface area contributed by atoms with Crippen LogP contribution in [0, 0.1) is 5.21 Å². The second-order valence-electron chi connectivity index (χ2n) is 8.37. The number of carbonyl (C=O) groups is 1. The lowest BCUT2D eigenvalue weighted by Crippen LogP contribution is -2.40. The highest BCUT2D eigenvalue weighted by atomic mass is 32.1. The zero-order chi connectivity index (χ0) is 22.4. The fraction of sp³-hybridized carbons (Fsp3) is 0.650. The Morgan fingerprint density at radius 3 is 2.71 bits per heavy atom. The maximum atomic E-state index is 13.0. The standard InChI is InChI=1S/C20H26N2O8S/c1-6-7-25-18(23)11-10-31-13(21-11)8-22(24)17-16-15(29-20(4,5)30-16)14(27-17)12-9-26-19(2,3)28-12/h6,8,10,12,14-17H,1,7,9H2,2-5H3/b22-8-/t12-,14-,15+,16+,17+/m1/s1. The van der Waals surface area contributed by atoms with Crippen molar-refractivity contribution in [3.63, 3.8) is 0 Å². The van der Waals surface area contributed by atoms with Crippen molar-refractivity contribution < 1.29 is 38.0 Å². The van der Waals surface area contributed by atoms with Crippen LogP contribution in [0.15, 0.2) is 18.0 Å². The summed E-state index contributed by atoms with van der Waals surface area (Å²) in [4.78, 5) is 16.0. The van der Waals surface area contributed by atoms with Gasteiger partial charge in [-0.15, -0.1) is 11.3 Å². The summed E-state index contributed by atoms with van der Waals surface area (Å²) in [6.07, 6.45) is -0.292. The molecule has 3 saturated heterocycles. The van der Waals surface area contributed by atoms with E-state index in [2.05, 4.69) is 11.6 Å². The zero-order valence-electron chi connectivity index (χ0n) is 17.8. The van der Waals surface area contributed by atoms with Crippen molar-refractivity contribution in [2.24, 2.45) is 0 Å². The largest absolute Gasteiger partial charge is 0.622 e. The van der Waals surface area contributed by atoms with Crippen LogP contribution in [-0.2, 0) is 28.4 Å². The van der Waals surface area contributed by atoms with Crippen LogP contribution in [0.5, 0.6) is 0 Å². The summed E-state index contributed by atoms with van der Waals surface area (Å²) >= 11 is 1.14. The van der Waals surface area contributed by atoms with E-state index in [1.54, 1.807) is 13.8 Å². The van der Waals surface area contributed by atoms with Crippen LogP contribution < -0.4 is 0 Å². The highest BCUT2D eigenvalue weighted by Gasteiger charge is 2.62. The highest BCUT2D eigenvalue weighted by molar-refractivity contribution is 7.11. The molecule has 0 aliphatic carbocycles. The van der Waals surface area contributed by atoms with Gasteiger partial charge in [0.25, 0.3) is 6.23 Å². The average Bonchev–Trinajstić information content (AvgIpc) is 3.42. The number of hydroxylamine groups is 1. The van der Waals surface area contributed by atoms with E-state index < -0.39 is 48.2 Å². The molecule has 3 aliphatic heterocycles. The number of hydrogen-bond acceptors (Lipinski definition) is 10. The van der Waals surface area contributed by atoms with E-state index in [1.165, 1.54) is 17.7 Å². The Hall–Kier alpha value is -1.89. The van der Waals surface area contributed by atoms with Gasteiger partial charge in [0.2, 0.25) is 6.21 Å². The molecule has 3 fully saturated rings. The summed E-state index contributed by atoms with van der Waals surface area (Å²) in [7, 11) is 0. The normalized spacial score (nSPS) is 33.9. The molecule has 4 rings (SSSR count). The van der Waals surface area contributed by atoms with Gasteiger partial charge in [-0.1, -0.05) is 12.7 Å². The number of fused-ring (bicyclic) bond motifs is 1. The molecule has 0 bridgehead atoms. The van der Waals surface area contributed by atoms with Crippen molar-refractivity contribution in [3.8, 4) is 0 Å². The number of hydrogen-bond donors (Lipinski definition) is 0. The van der Waals surface area contributed by atoms with Crippen molar-refractivity contribution in [1.82, 2.24) is 4.98 Å². The molecule has 1 aromatic heterocycles. The van der Waals surface area contributed by atoms with Gasteiger partial charge < -0.3 is 33.6 Å². The third kappa shape index (κ3) is 4.66. The van der Waals surface area contributed by atoms with Crippen molar-refractivity contribution >= 4 is 23.5 Å². The van der Waals surface area contributed by atoms with Gasteiger partial charge in [-0.25, -0.2) is 9.78 Å². The van der Waals surface area contributed by atoms with Crippen molar-refractivity contribution in [2.75, 3.05) is 13.2 Å². The van der Waals surface area contributed by atoms with E-state index in [1.807, 2.05) is 13.8 Å². The number of nitrogens with zero attached hydrogens (tertiary/aromatic N) is 2. The van der Waals surface area contributed by atoms with Gasteiger partial charge >= 0.3 is 5.97 Å². The van der Waals surface area contributed by atoms with E-state index in [0.29, 0.717) is 16.4 Å². The van der Waals surface area contributed by atoms with Crippen LogP contribution in [0.1, 0.15) is 43.2 Å². The van der Waals surface area contributed by atoms with Crippen LogP contribution in [0.4, 0.5) is 0 Å². The van der Waals surface area contributed by atoms with Gasteiger partial charge in [0.15, 0.2) is 28.4 Å². The minimum Gasteiger partial charge on any atom is -0.622 e. The van der Waals surface area contributed by atoms with Gasteiger partial charge in [0.05, 0.1) is 6.61 Å². The molecule has 5 atom stereocenters. The molecule has 1 aromatic rings. The molecular formula is C20H26N2O8S. The number of thiazole rings is 1. The first kappa shape index (κ1) is 22.3. The molecule has 4 heterocycles. The maximum Gasteiger partial charge on any atom is 0.358 e. The molecule has 31 heavy (non-hydrogen) atoms. The molecule has 10 nitrogen and oxygen atoms in total. The lowest BCUT2D eigenvalue weighted by atomic mass is 10.1. The van der Waals surface area contributed by atoms with Gasteiger partial charge in [0.1, 0.15) is 24.9 Å². The summed E-state index contributed by atoms with van der Waals surface area (Å²) in [6.45, 7) is 11.1. The predicted molar refractivity (Wildman–Crippen MR) is 109 cm³/mol. The van der Waals surface area contributed by atoms with Gasteiger partial charge in [0, 0.05) is 5.38 Å². The lowest BCUT2D eigenvalue weighted by Gasteiger charge is -2.26. The Morgan fingerprint density at radius 2 is 2.03 bits per heavy atom. The summed E-state index contributed by atoms with van der Waals surface area (Å²) in [5, 5.41) is 14.8. The second kappa shape index (κ2) is 8.23. The minimum atomic E-state index is -0.968. The van der Waals surface area contributed by atoms with Gasteiger partial charge in [-0.2, -0.15) is 4.74 Å². The Labute approximate surface area is 183 Å². The molecule has 0 aromatic carbocycles. The minimum absolute atomic E-state index is 0.0837. The van der Waals surface area contributed by atoms with Crippen LogP contribution in [0.3, 0.4) is 0 Å². The molecule has 0 amide bonds. The number of carbonyl (C=O) groups excluding carboxylic acids is 1. The van der Waals surface area contributed by atoms with Crippen LogP contribution >= 0.6 is 11.3 Å². The Bertz CT molecular complexity index is 882. The Kier molecular flexibility index (Phi) is 5.92. The molecule has 0 N–H and O–H groups in total. The topological polar surface area (TPSA) is 111 Å². The smallest absolute Gasteiger partial charge is 0.358 e. The third-order valence-corrected chi connectivity index (χ3v) is 5.79. The van der Waals surface area contributed by atoms with Gasteiger partial charge in [-0.3, -0.25) is 0 Å². The Morgan fingerprint density at radius 1 is 1.29 bits per heavy atom. The summed E-state index contributed by atoms with van der Waals surface area (Å²) in [6, 6.07) is 0. The van der Waals surface area contributed by atoms with Crippen LogP contribution in [-0.4, -0.2) is 77.3 Å². The first-order valence-electron chi connectivity index (χ1n) is 9.95.